The Kier molecular flexibility index (Phi) is 7.06. The lowest BCUT2D eigenvalue weighted by Crippen LogP contribution is -2.33. The molecule has 0 spiro atoms. The van der Waals surface area contributed by atoms with Crippen molar-refractivity contribution >= 4 is 50.1 Å². The van der Waals surface area contributed by atoms with Crippen molar-refractivity contribution in [3.05, 3.63) is 65.0 Å². The van der Waals surface area contributed by atoms with Gasteiger partial charge in [-0.2, -0.15) is 0 Å². The van der Waals surface area contributed by atoms with Gasteiger partial charge in [-0.3, -0.25) is 9.69 Å². The second-order valence-electron chi connectivity index (χ2n) is 6.82. The molecule has 162 valence electrons. The predicted octanol–water partition coefficient (Wildman–Crippen LogP) is 3.97. The van der Waals surface area contributed by atoms with E-state index in [1.807, 2.05) is 0 Å². The standard InChI is InChI=1S/C22H20BrFN2O5/c1-13(27)25-11-18-12-26(22(29)31-18)17-7-6-15(20(24)10-17)9-19(23)14-4-3-5-16(8-14)21(28)30-2/h3-10,18H,11-12H2,1-2H3,(H,25,27)/t18-/m0/s1. The van der Waals surface area contributed by atoms with E-state index in [1.54, 1.807) is 42.5 Å². The van der Waals surface area contributed by atoms with Gasteiger partial charge in [-0.1, -0.05) is 28.1 Å². The number of carbonyl (C=O) groups excluding carboxylic acids is 3. The molecule has 1 N–H and O–H groups in total. The van der Waals surface area contributed by atoms with Crippen LogP contribution >= 0.6 is 15.9 Å². The number of cyclic esters (lactones) is 1. The first kappa shape index (κ1) is 22.5. The Bertz CT molecular complexity index is 1060. The predicted molar refractivity (Wildman–Crippen MR) is 117 cm³/mol. The Morgan fingerprint density at radius 2 is 2.03 bits per heavy atom. The smallest absolute Gasteiger partial charge is 0.414 e. The zero-order valence-electron chi connectivity index (χ0n) is 16.9. The number of benzene rings is 2. The van der Waals surface area contributed by atoms with Gasteiger partial charge in [0.1, 0.15) is 11.9 Å². The summed E-state index contributed by atoms with van der Waals surface area (Å²) >= 11 is 3.42. The van der Waals surface area contributed by atoms with Crippen molar-refractivity contribution in [3.8, 4) is 0 Å². The molecule has 1 atom stereocenters. The van der Waals surface area contributed by atoms with Crippen molar-refractivity contribution in [1.29, 1.82) is 0 Å². The number of carbonyl (C=O) groups is 3. The average Bonchev–Trinajstić information content (AvgIpc) is 3.13. The number of nitrogens with one attached hydrogen (secondary N) is 1. The Hall–Kier alpha value is -3.20. The maximum Gasteiger partial charge on any atom is 0.414 e. The monoisotopic (exact) mass is 490 g/mol. The van der Waals surface area contributed by atoms with Gasteiger partial charge in [0.15, 0.2) is 0 Å². The van der Waals surface area contributed by atoms with E-state index in [2.05, 4.69) is 21.2 Å². The Morgan fingerprint density at radius 3 is 2.71 bits per heavy atom. The number of rotatable bonds is 6. The van der Waals surface area contributed by atoms with E-state index in [-0.39, 0.29) is 19.0 Å². The summed E-state index contributed by atoms with van der Waals surface area (Å²) in [5, 5.41) is 2.59. The van der Waals surface area contributed by atoms with Crippen LogP contribution in [0.2, 0.25) is 0 Å². The lowest BCUT2D eigenvalue weighted by atomic mass is 10.1. The molecule has 1 saturated heterocycles. The van der Waals surface area contributed by atoms with Crippen molar-refractivity contribution in [3.63, 3.8) is 0 Å². The fourth-order valence-corrected chi connectivity index (χ4v) is 3.52. The molecule has 1 fully saturated rings. The van der Waals surface area contributed by atoms with Gasteiger partial charge in [0.05, 0.1) is 31.5 Å². The van der Waals surface area contributed by atoms with E-state index in [4.69, 9.17) is 9.47 Å². The number of hydrogen-bond acceptors (Lipinski definition) is 5. The number of nitrogens with zero attached hydrogens (tertiary/aromatic N) is 1. The van der Waals surface area contributed by atoms with Crippen molar-refractivity contribution in [2.75, 3.05) is 25.1 Å². The Labute approximate surface area is 186 Å². The first-order valence-corrected chi connectivity index (χ1v) is 10.2. The molecule has 0 radical (unpaired) electrons. The summed E-state index contributed by atoms with van der Waals surface area (Å²) < 4.78 is 25.2. The molecule has 2 aromatic rings. The van der Waals surface area contributed by atoms with Crippen LogP contribution in [0.4, 0.5) is 14.9 Å². The molecule has 0 bridgehead atoms. The molecule has 2 aromatic carbocycles. The topological polar surface area (TPSA) is 84.9 Å². The van der Waals surface area contributed by atoms with Crippen LogP contribution in [0.5, 0.6) is 0 Å². The number of esters is 1. The minimum atomic E-state index is -0.598. The van der Waals surface area contributed by atoms with E-state index in [9.17, 15) is 18.8 Å². The highest BCUT2D eigenvalue weighted by Gasteiger charge is 2.32. The number of ether oxygens (including phenoxy) is 2. The molecule has 0 unspecified atom stereocenters. The fraction of sp³-hybridized carbons (Fsp3) is 0.227. The van der Waals surface area contributed by atoms with Crippen LogP contribution in [-0.2, 0) is 14.3 Å². The summed E-state index contributed by atoms with van der Waals surface area (Å²) in [6.07, 6.45) is 0.478. The second-order valence-corrected chi connectivity index (χ2v) is 7.68. The minimum Gasteiger partial charge on any atom is -0.465 e. The molecule has 9 heteroatoms. The van der Waals surface area contributed by atoms with Crippen LogP contribution < -0.4 is 10.2 Å². The number of halogens is 2. The first-order chi connectivity index (χ1) is 14.8. The van der Waals surface area contributed by atoms with E-state index < -0.39 is 24.0 Å². The molecule has 0 saturated carbocycles. The molecular formula is C22H20BrFN2O5. The summed E-state index contributed by atoms with van der Waals surface area (Å²) in [6.45, 7) is 1.77. The maximum absolute atomic E-state index is 14.7. The summed E-state index contributed by atoms with van der Waals surface area (Å²) in [5.74, 6) is -1.22. The average molecular weight is 491 g/mol. The molecule has 1 heterocycles. The fourth-order valence-electron chi connectivity index (χ4n) is 3.03. The van der Waals surface area contributed by atoms with Crippen LogP contribution in [0, 0.1) is 5.82 Å². The van der Waals surface area contributed by atoms with Gasteiger partial charge in [0, 0.05) is 17.0 Å². The Balaban J connectivity index is 1.77. The van der Waals surface area contributed by atoms with Crippen molar-refractivity contribution in [1.82, 2.24) is 5.32 Å². The third kappa shape index (κ3) is 5.49. The zero-order chi connectivity index (χ0) is 22.5. The van der Waals surface area contributed by atoms with Crippen LogP contribution in [0.1, 0.15) is 28.4 Å². The summed E-state index contributed by atoms with van der Waals surface area (Å²) in [6, 6.07) is 11.1. The Morgan fingerprint density at radius 1 is 1.29 bits per heavy atom. The quantitative estimate of drug-likeness (QED) is 0.489. The van der Waals surface area contributed by atoms with Gasteiger partial charge in [-0.25, -0.2) is 14.0 Å². The lowest BCUT2D eigenvalue weighted by molar-refractivity contribution is -0.119. The molecular weight excluding hydrogens is 471 g/mol. The van der Waals surface area contributed by atoms with Gasteiger partial charge in [-0.05, 0) is 42.0 Å². The van der Waals surface area contributed by atoms with Crippen molar-refractivity contribution < 1.29 is 28.2 Å². The summed E-state index contributed by atoms with van der Waals surface area (Å²) in [7, 11) is 1.30. The third-order valence-corrected chi connectivity index (χ3v) is 5.28. The van der Waals surface area contributed by atoms with Crippen LogP contribution in [0.3, 0.4) is 0 Å². The molecule has 2 amide bonds. The van der Waals surface area contributed by atoms with Crippen LogP contribution in [-0.4, -0.2) is 44.3 Å². The van der Waals surface area contributed by atoms with E-state index in [0.717, 1.165) is 0 Å². The third-order valence-electron chi connectivity index (χ3n) is 4.59. The van der Waals surface area contributed by atoms with Gasteiger partial charge in [0.2, 0.25) is 5.91 Å². The van der Waals surface area contributed by atoms with Gasteiger partial charge in [-0.15, -0.1) is 0 Å². The van der Waals surface area contributed by atoms with E-state index in [0.29, 0.717) is 26.9 Å². The molecule has 0 aromatic heterocycles. The van der Waals surface area contributed by atoms with Crippen LogP contribution in [0.15, 0.2) is 42.5 Å². The number of anilines is 1. The van der Waals surface area contributed by atoms with E-state index >= 15 is 0 Å². The van der Waals surface area contributed by atoms with E-state index in [1.165, 1.54) is 25.0 Å². The second kappa shape index (κ2) is 9.74. The van der Waals surface area contributed by atoms with Gasteiger partial charge < -0.3 is 14.8 Å². The summed E-state index contributed by atoms with van der Waals surface area (Å²) in [5.41, 5.74) is 1.70. The molecule has 0 aliphatic carbocycles. The molecule has 1 aliphatic heterocycles. The SMILES string of the molecule is COC(=O)c1cccc(C(Br)=Cc2ccc(N3C[C@H](CNC(C)=O)OC3=O)cc2F)c1. The van der Waals surface area contributed by atoms with Gasteiger partial charge in [0.25, 0.3) is 0 Å². The first-order valence-electron chi connectivity index (χ1n) is 9.36. The lowest BCUT2D eigenvalue weighted by Gasteiger charge is -2.14. The largest absolute Gasteiger partial charge is 0.465 e. The molecule has 3 rings (SSSR count). The maximum atomic E-state index is 14.7. The number of methoxy groups -OCH3 is 1. The zero-order valence-corrected chi connectivity index (χ0v) is 18.4. The number of amides is 2. The van der Waals surface area contributed by atoms with Crippen LogP contribution in [0.25, 0.3) is 10.6 Å². The van der Waals surface area contributed by atoms with Gasteiger partial charge >= 0.3 is 12.1 Å². The highest BCUT2D eigenvalue weighted by atomic mass is 79.9. The number of hydrogen-bond donors (Lipinski definition) is 1. The van der Waals surface area contributed by atoms with Crippen molar-refractivity contribution in [2.45, 2.75) is 13.0 Å². The molecule has 7 nitrogen and oxygen atoms in total. The summed E-state index contributed by atoms with van der Waals surface area (Å²) in [4.78, 5) is 36.2. The minimum absolute atomic E-state index is 0.193. The highest BCUT2D eigenvalue weighted by Crippen LogP contribution is 2.29. The highest BCUT2D eigenvalue weighted by molar-refractivity contribution is 9.15. The normalized spacial score (nSPS) is 16.1. The molecule has 1 aliphatic rings. The molecule has 31 heavy (non-hydrogen) atoms. The van der Waals surface area contributed by atoms with Crippen molar-refractivity contribution in [2.24, 2.45) is 0 Å².